The van der Waals surface area contributed by atoms with Gasteiger partial charge in [0, 0.05) is 0 Å². The van der Waals surface area contributed by atoms with E-state index in [0.717, 1.165) is 12.3 Å². The van der Waals surface area contributed by atoms with Gasteiger partial charge < -0.3 is 5.11 Å². The zero-order chi connectivity index (χ0) is 12.9. The predicted molar refractivity (Wildman–Crippen MR) is 77.3 cm³/mol. The molecule has 0 amide bonds. The summed E-state index contributed by atoms with van der Waals surface area (Å²) in [6.07, 6.45) is 14.7. The van der Waals surface area contributed by atoms with E-state index in [1.165, 1.54) is 64.2 Å². The fourth-order valence-corrected chi connectivity index (χ4v) is 2.23. The molecule has 1 unspecified atom stereocenters. The van der Waals surface area contributed by atoms with Crippen LogP contribution in [0.4, 0.5) is 0 Å². The van der Waals surface area contributed by atoms with Crippen LogP contribution in [-0.2, 0) is 0 Å². The Balaban J connectivity index is 2.94. The van der Waals surface area contributed by atoms with E-state index in [4.69, 9.17) is 5.11 Å². The van der Waals surface area contributed by atoms with Crippen LogP contribution in [0.5, 0.6) is 0 Å². The highest BCUT2D eigenvalue weighted by atomic mass is 16.3. The van der Waals surface area contributed by atoms with Crippen LogP contribution in [0.15, 0.2) is 0 Å². The molecule has 0 aromatic carbocycles. The molecule has 0 aromatic heterocycles. The van der Waals surface area contributed by atoms with Crippen molar-refractivity contribution in [3.63, 3.8) is 0 Å². The normalized spacial score (nSPS) is 13.2. The summed E-state index contributed by atoms with van der Waals surface area (Å²) in [5, 5.41) is 9.11. The maximum absolute atomic E-state index is 9.11. The molecule has 0 fully saturated rings. The number of rotatable bonds is 12. The first-order valence-corrected chi connectivity index (χ1v) is 7.81. The molecule has 17 heavy (non-hydrogen) atoms. The molecule has 104 valence electrons. The number of hydrogen-bond acceptors (Lipinski definition) is 1. The minimum Gasteiger partial charge on any atom is -0.393 e. The van der Waals surface area contributed by atoms with Crippen molar-refractivity contribution in [1.82, 2.24) is 0 Å². The first-order valence-electron chi connectivity index (χ1n) is 7.81. The van der Waals surface area contributed by atoms with Crippen molar-refractivity contribution in [1.29, 1.82) is 0 Å². The van der Waals surface area contributed by atoms with Gasteiger partial charge in [-0.2, -0.15) is 0 Å². The molecule has 0 saturated carbocycles. The maximum Gasteiger partial charge on any atom is 0.0512 e. The van der Waals surface area contributed by atoms with E-state index in [0.29, 0.717) is 0 Å². The van der Waals surface area contributed by atoms with Crippen molar-refractivity contribution >= 4 is 0 Å². The van der Waals surface area contributed by atoms with Gasteiger partial charge >= 0.3 is 0 Å². The number of aliphatic hydroxyl groups is 1. The molecular weight excluding hydrogens is 208 g/mol. The van der Waals surface area contributed by atoms with Gasteiger partial charge in [-0.15, -0.1) is 0 Å². The summed E-state index contributed by atoms with van der Waals surface area (Å²) in [5.74, 6) is 0.879. The van der Waals surface area contributed by atoms with Crippen molar-refractivity contribution in [2.75, 3.05) is 0 Å². The van der Waals surface area contributed by atoms with Crippen molar-refractivity contribution < 1.29 is 5.11 Å². The standard InChI is InChI=1S/C16H34O/c1-15(2)13-11-9-7-5-4-6-8-10-12-14-16(3)17/h15-17H,4-14H2,1-3H3. The maximum atomic E-state index is 9.11. The fraction of sp³-hybridized carbons (Fsp3) is 1.00. The molecule has 0 aliphatic heterocycles. The van der Waals surface area contributed by atoms with E-state index in [1.807, 2.05) is 6.92 Å². The van der Waals surface area contributed by atoms with Crippen LogP contribution < -0.4 is 0 Å². The summed E-state index contributed by atoms with van der Waals surface area (Å²) in [5.41, 5.74) is 0. The predicted octanol–water partition coefficient (Wildman–Crippen LogP) is 5.31. The van der Waals surface area contributed by atoms with Gasteiger partial charge in [-0.1, -0.05) is 78.1 Å². The summed E-state index contributed by atoms with van der Waals surface area (Å²) >= 11 is 0. The Bertz CT molecular complexity index is 124. The Hall–Kier alpha value is -0.0400. The van der Waals surface area contributed by atoms with E-state index in [2.05, 4.69) is 13.8 Å². The van der Waals surface area contributed by atoms with Gasteiger partial charge in [0.1, 0.15) is 0 Å². The Morgan fingerprint density at radius 3 is 1.29 bits per heavy atom. The Morgan fingerprint density at radius 1 is 0.588 bits per heavy atom. The van der Waals surface area contributed by atoms with Crippen LogP contribution >= 0.6 is 0 Å². The molecule has 1 atom stereocenters. The summed E-state index contributed by atoms with van der Waals surface area (Å²) in [7, 11) is 0. The highest BCUT2D eigenvalue weighted by Crippen LogP contribution is 2.13. The fourth-order valence-electron chi connectivity index (χ4n) is 2.23. The molecule has 0 aliphatic rings. The molecular formula is C16H34O. The van der Waals surface area contributed by atoms with Gasteiger partial charge in [0.15, 0.2) is 0 Å². The molecule has 0 aromatic rings. The van der Waals surface area contributed by atoms with Gasteiger partial charge in [-0.3, -0.25) is 0 Å². The number of hydrogen-bond donors (Lipinski definition) is 1. The molecule has 0 rings (SSSR count). The third kappa shape index (κ3) is 16.0. The lowest BCUT2D eigenvalue weighted by atomic mass is 10.0. The van der Waals surface area contributed by atoms with Gasteiger partial charge in [0.2, 0.25) is 0 Å². The lowest BCUT2D eigenvalue weighted by Crippen LogP contribution is -1.98. The highest BCUT2D eigenvalue weighted by molar-refractivity contribution is 4.51. The molecule has 0 heterocycles. The largest absolute Gasteiger partial charge is 0.393 e. The molecule has 0 spiro atoms. The molecule has 1 heteroatoms. The second-order valence-electron chi connectivity index (χ2n) is 6.00. The monoisotopic (exact) mass is 242 g/mol. The van der Waals surface area contributed by atoms with E-state index in [-0.39, 0.29) is 6.10 Å². The lowest BCUT2D eigenvalue weighted by Gasteiger charge is -2.05. The van der Waals surface area contributed by atoms with Crippen LogP contribution in [-0.4, -0.2) is 11.2 Å². The topological polar surface area (TPSA) is 20.2 Å². The second kappa shape index (κ2) is 12.4. The summed E-state index contributed by atoms with van der Waals surface area (Å²) < 4.78 is 0. The average Bonchev–Trinajstić information content (AvgIpc) is 2.25. The van der Waals surface area contributed by atoms with Crippen LogP contribution in [0.25, 0.3) is 0 Å². The molecule has 0 bridgehead atoms. The van der Waals surface area contributed by atoms with Gasteiger partial charge in [-0.05, 0) is 19.3 Å². The van der Waals surface area contributed by atoms with E-state index < -0.39 is 0 Å². The third-order valence-electron chi connectivity index (χ3n) is 3.40. The van der Waals surface area contributed by atoms with Crippen molar-refractivity contribution in [2.24, 2.45) is 5.92 Å². The second-order valence-corrected chi connectivity index (χ2v) is 6.00. The highest BCUT2D eigenvalue weighted by Gasteiger charge is 1.97. The molecule has 0 aliphatic carbocycles. The molecule has 0 radical (unpaired) electrons. The molecule has 1 nitrogen and oxygen atoms in total. The van der Waals surface area contributed by atoms with Crippen LogP contribution in [0, 0.1) is 5.92 Å². The minimum absolute atomic E-state index is 0.101. The quantitative estimate of drug-likeness (QED) is 0.460. The van der Waals surface area contributed by atoms with Crippen molar-refractivity contribution in [2.45, 2.75) is 97.5 Å². The number of unbranched alkanes of at least 4 members (excludes halogenated alkanes) is 8. The first kappa shape index (κ1) is 17.0. The smallest absolute Gasteiger partial charge is 0.0512 e. The SMILES string of the molecule is CC(C)CCCCCCCCCCCC(C)O. The zero-order valence-electron chi connectivity index (χ0n) is 12.4. The summed E-state index contributed by atoms with van der Waals surface area (Å²) in [4.78, 5) is 0. The molecule has 1 N–H and O–H groups in total. The van der Waals surface area contributed by atoms with E-state index in [9.17, 15) is 0 Å². The van der Waals surface area contributed by atoms with Crippen molar-refractivity contribution in [3.05, 3.63) is 0 Å². The lowest BCUT2D eigenvalue weighted by molar-refractivity contribution is 0.180. The first-order chi connectivity index (χ1) is 8.13. The van der Waals surface area contributed by atoms with Crippen LogP contribution in [0.3, 0.4) is 0 Å². The summed E-state index contributed by atoms with van der Waals surface area (Å²) in [6, 6.07) is 0. The van der Waals surface area contributed by atoms with E-state index in [1.54, 1.807) is 0 Å². The van der Waals surface area contributed by atoms with Crippen LogP contribution in [0.2, 0.25) is 0 Å². The Kier molecular flexibility index (Phi) is 12.4. The van der Waals surface area contributed by atoms with Gasteiger partial charge in [0.25, 0.3) is 0 Å². The van der Waals surface area contributed by atoms with Crippen molar-refractivity contribution in [3.8, 4) is 0 Å². The van der Waals surface area contributed by atoms with E-state index >= 15 is 0 Å². The number of aliphatic hydroxyl groups excluding tert-OH is 1. The van der Waals surface area contributed by atoms with Crippen LogP contribution in [0.1, 0.15) is 91.4 Å². The Labute approximate surface area is 109 Å². The third-order valence-corrected chi connectivity index (χ3v) is 3.40. The van der Waals surface area contributed by atoms with Gasteiger partial charge in [0.05, 0.1) is 6.10 Å². The Morgan fingerprint density at radius 2 is 0.941 bits per heavy atom. The zero-order valence-corrected chi connectivity index (χ0v) is 12.4. The summed E-state index contributed by atoms with van der Waals surface area (Å²) in [6.45, 7) is 6.51. The minimum atomic E-state index is -0.101. The molecule has 0 saturated heterocycles. The average molecular weight is 242 g/mol. The van der Waals surface area contributed by atoms with Gasteiger partial charge in [-0.25, -0.2) is 0 Å².